The monoisotopic (exact) mass is 300 g/mol. The summed E-state index contributed by atoms with van der Waals surface area (Å²) in [6, 6.07) is 3.73. The van der Waals surface area contributed by atoms with Gasteiger partial charge in [0.2, 0.25) is 5.95 Å². The number of hydrogen-bond donors (Lipinski definition) is 2. The van der Waals surface area contributed by atoms with E-state index in [2.05, 4.69) is 26.8 Å². The van der Waals surface area contributed by atoms with Crippen LogP contribution < -0.4 is 16.4 Å². The van der Waals surface area contributed by atoms with Gasteiger partial charge < -0.3 is 21.1 Å². The minimum atomic E-state index is 0.297. The van der Waals surface area contributed by atoms with Gasteiger partial charge in [0, 0.05) is 30.4 Å². The van der Waals surface area contributed by atoms with Crippen LogP contribution in [-0.2, 0) is 11.2 Å². The highest BCUT2D eigenvalue weighted by Crippen LogP contribution is 2.33. The van der Waals surface area contributed by atoms with E-state index in [-0.39, 0.29) is 0 Å². The molecular formula is C15H20N6O. The van der Waals surface area contributed by atoms with Crippen molar-refractivity contribution in [3.63, 3.8) is 0 Å². The number of pyridine rings is 1. The lowest BCUT2D eigenvalue weighted by molar-refractivity contribution is 0.122. The van der Waals surface area contributed by atoms with Crippen LogP contribution in [0.1, 0.15) is 12.6 Å². The van der Waals surface area contributed by atoms with Crippen molar-refractivity contribution in [1.29, 1.82) is 0 Å². The SMILES string of the molecule is CCc1nc(N)nc(N2CCOCC2)c1-c1ccc(N)nc1. The number of ether oxygens (including phenoxy) is 1. The smallest absolute Gasteiger partial charge is 0.222 e. The molecule has 0 radical (unpaired) electrons. The standard InChI is InChI=1S/C15H20N6O/c1-2-11-13(10-3-4-12(16)18-9-10)14(20-15(17)19-11)21-5-7-22-8-6-21/h3-4,9H,2,5-8H2,1H3,(H2,16,18)(H2,17,19,20). The maximum absolute atomic E-state index is 5.90. The normalized spacial score (nSPS) is 15.0. The molecule has 0 saturated carbocycles. The van der Waals surface area contributed by atoms with E-state index in [1.54, 1.807) is 12.3 Å². The number of nitrogen functional groups attached to an aromatic ring is 2. The third kappa shape index (κ3) is 2.80. The molecule has 0 amide bonds. The average Bonchev–Trinajstić information content (AvgIpc) is 2.56. The Hall–Kier alpha value is -2.41. The van der Waals surface area contributed by atoms with E-state index in [1.807, 2.05) is 6.07 Å². The second-order valence-electron chi connectivity index (χ2n) is 5.15. The number of nitrogens with zero attached hydrogens (tertiary/aromatic N) is 4. The highest BCUT2D eigenvalue weighted by atomic mass is 16.5. The predicted octanol–water partition coefficient (Wildman–Crippen LogP) is 1.10. The van der Waals surface area contributed by atoms with Crippen LogP contribution in [-0.4, -0.2) is 41.3 Å². The Bertz CT molecular complexity index is 652. The molecule has 1 aliphatic heterocycles. The number of anilines is 3. The average molecular weight is 300 g/mol. The van der Waals surface area contributed by atoms with Crippen molar-refractivity contribution < 1.29 is 4.74 Å². The molecule has 1 saturated heterocycles. The van der Waals surface area contributed by atoms with Gasteiger partial charge in [-0.15, -0.1) is 0 Å². The van der Waals surface area contributed by atoms with Gasteiger partial charge in [0.1, 0.15) is 11.6 Å². The Morgan fingerprint density at radius 3 is 2.59 bits per heavy atom. The van der Waals surface area contributed by atoms with Crippen molar-refractivity contribution in [3.8, 4) is 11.1 Å². The lowest BCUT2D eigenvalue weighted by Crippen LogP contribution is -2.37. The minimum absolute atomic E-state index is 0.297. The van der Waals surface area contributed by atoms with Crippen molar-refractivity contribution in [1.82, 2.24) is 15.0 Å². The topological polar surface area (TPSA) is 103 Å². The summed E-state index contributed by atoms with van der Waals surface area (Å²) < 4.78 is 5.42. The Morgan fingerprint density at radius 2 is 1.95 bits per heavy atom. The summed E-state index contributed by atoms with van der Waals surface area (Å²) >= 11 is 0. The van der Waals surface area contributed by atoms with Crippen LogP contribution in [0.4, 0.5) is 17.6 Å². The molecule has 0 unspecified atom stereocenters. The van der Waals surface area contributed by atoms with Crippen LogP contribution in [0.25, 0.3) is 11.1 Å². The second-order valence-corrected chi connectivity index (χ2v) is 5.15. The third-order valence-electron chi connectivity index (χ3n) is 3.70. The molecule has 116 valence electrons. The lowest BCUT2D eigenvalue weighted by atomic mass is 10.0. The summed E-state index contributed by atoms with van der Waals surface area (Å²) in [5, 5.41) is 0. The molecule has 22 heavy (non-hydrogen) atoms. The third-order valence-corrected chi connectivity index (χ3v) is 3.70. The van der Waals surface area contributed by atoms with Gasteiger partial charge in [-0.25, -0.2) is 9.97 Å². The summed E-state index contributed by atoms with van der Waals surface area (Å²) in [5.41, 5.74) is 14.4. The van der Waals surface area contributed by atoms with E-state index in [4.69, 9.17) is 16.2 Å². The maximum atomic E-state index is 5.90. The summed E-state index contributed by atoms with van der Waals surface area (Å²) in [6.45, 7) is 5.00. The van der Waals surface area contributed by atoms with Crippen LogP contribution >= 0.6 is 0 Å². The van der Waals surface area contributed by atoms with E-state index < -0.39 is 0 Å². The molecule has 0 atom stereocenters. The minimum Gasteiger partial charge on any atom is -0.384 e. The van der Waals surface area contributed by atoms with Crippen molar-refractivity contribution in [3.05, 3.63) is 24.0 Å². The van der Waals surface area contributed by atoms with Gasteiger partial charge in [0.15, 0.2) is 0 Å². The van der Waals surface area contributed by atoms with Gasteiger partial charge in [-0.05, 0) is 18.6 Å². The first-order chi connectivity index (χ1) is 10.7. The number of nitrogens with two attached hydrogens (primary N) is 2. The molecule has 2 aromatic rings. The molecule has 3 heterocycles. The fourth-order valence-corrected chi connectivity index (χ4v) is 2.62. The molecule has 2 aromatic heterocycles. The van der Waals surface area contributed by atoms with Crippen molar-refractivity contribution in [2.24, 2.45) is 0 Å². The first kappa shape index (κ1) is 14.5. The predicted molar refractivity (Wildman–Crippen MR) is 86.5 cm³/mol. The zero-order valence-electron chi connectivity index (χ0n) is 12.6. The van der Waals surface area contributed by atoms with Crippen LogP contribution in [0.5, 0.6) is 0 Å². The zero-order chi connectivity index (χ0) is 15.5. The number of morpholine rings is 1. The molecule has 7 heteroatoms. The molecule has 0 bridgehead atoms. The summed E-state index contributed by atoms with van der Waals surface area (Å²) in [5.74, 6) is 1.64. The molecule has 0 spiro atoms. The first-order valence-electron chi connectivity index (χ1n) is 7.40. The molecule has 0 aliphatic carbocycles. The fourth-order valence-electron chi connectivity index (χ4n) is 2.62. The lowest BCUT2D eigenvalue weighted by Gasteiger charge is -2.30. The molecule has 1 fully saturated rings. The van der Waals surface area contributed by atoms with E-state index in [1.165, 1.54) is 0 Å². The van der Waals surface area contributed by atoms with Crippen LogP contribution in [0.15, 0.2) is 18.3 Å². The Morgan fingerprint density at radius 1 is 1.18 bits per heavy atom. The Kier molecular flexibility index (Phi) is 4.06. The van der Waals surface area contributed by atoms with Crippen LogP contribution in [0, 0.1) is 0 Å². The summed E-state index contributed by atoms with van der Waals surface area (Å²) in [7, 11) is 0. The van der Waals surface area contributed by atoms with Crippen molar-refractivity contribution >= 4 is 17.6 Å². The molecular weight excluding hydrogens is 280 g/mol. The molecule has 7 nitrogen and oxygen atoms in total. The van der Waals surface area contributed by atoms with Crippen LogP contribution in [0.3, 0.4) is 0 Å². The highest BCUT2D eigenvalue weighted by molar-refractivity contribution is 5.79. The molecule has 0 aromatic carbocycles. The van der Waals surface area contributed by atoms with Gasteiger partial charge in [0.25, 0.3) is 0 Å². The van der Waals surface area contributed by atoms with Gasteiger partial charge >= 0.3 is 0 Å². The van der Waals surface area contributed by atoms with E-state index in [9.17, 15) is 0 Å². The van der Waals surface area contributed by atoms with Gasteiger partial charge in [-0.3, -0.25) is 0 Å². The molecule has 1 aliphatic rings. The first-order valence-corrected chi connectivity index (χ1v) is 7.40. The Labute approximate surface area is 129 Å². The van der Waals surface area contributed by atoms with Crippen LogP contribution in [0.2, 0.25) is 0 Å². The van der Waals surface area contributed by atoms with Crippen molar-refractivity contribution in [2.45, 2.75) is 13.3 Å². The summed E-state index contributed by atoms with van der Waals surface area (Å²) in [6.07, 6.45) is 2.52. The van der Waals surface area contributed by atoms with Gasteiger partial charge in [0.05, 0.1) is 18.9 Å². The number of aromatic nitrogens is 3. The van der Waals surface area contributed by atoms with E-state index >= 15 is 0 Å². The molecule has 4 N–H and O–H groups in total. The maximum Gasteiger partial charge on any atom is 0.222 e. The highest BCUT2D eigenvalue weighted by Gasteiger charge is 2.21. The fraction of sp³-hybridized carbons (Fsp3) is 0.400. The van der Waals surface area contributed by atoms with Gasteiger partial charge in [-0.1, -0.05) is 6.92 Å². The van der Waals surface area contributed by atoms with E-state index in [0.717, 1.165) is 42.1 Å². The van der Waals surface area contributed by atoms with E-state index in [0.29, 0.717) is 25.0 Å². The second kappa shape index (κ2) is 6.15. The zero-order valence-corrected chi connectivity index (χ0v) is 12.6. The number of aryl methyl sites for hydroxylation is 1. The summed E-state index contributed by atoms with van der Waals surface area (Å²) in [4.78, 5) is 15.3. The van der Waals surface area contributed by atoms with Crippen molar-refractivity contribution in [2.75, 3.05) is 42.7 Å². The number of rotatable bonds is 3. The molecule has 3 rings (SSSR count). The Balaban J connectivity index is 2.14. The number of hydrogen-bond acceptors (Lipinski definition) is 7. The van der Waals surface area contributed by atoms with Gasteiger partial charge in [-0.2, -0.15) is 4.98 Å². The largest absolute Gasteiger partial charge is 0.384 e. The quantitative estimate of drug-likeness (QED) is 0.874.